The van der Waals surface area contributed by atoms with Crippen LogP contribution < -0.4 is 5.32 Å². The molecular weight excluding hydrogens is 441 g/mol. The van der Waals surface area contributed by atoms with Crippen LogP contribution in [0.1, 0.15) is 16.1 Å². The van der Waals surface area contributed by atoms with Gasteiger partial charge in [-0.15, -0.1) is 12.4 Å². The second kappa shape index (κ2) is 7.76. The van der Waals surface area contributed by atoms with Gasteiger partial charge in [0.25, 0.3) is 0 Å². The topological polar surface area (TPSA) is 64.1 Å². The molecule has 0 amide bonds. The highest BCUT2D eigenvalue weighted by atomic mass is 127. The van der Waals surface area contributed by atoms with E-state index in [0.717, 1.165) is 20.3 Å². The number of hydrogen-bond acceptors (Lipinski definition) is 5. The third-order valence-corrected chi connectivity index (χ3v) is 4.35. The molecule has 7 heteroatoms. The highest BCUT2D eigenvalue weighted by Gasteiger charge is 2.17. The molecule has 0 saturated carbocycles. The van der Waals surface area contributed by atoms with E-state index < -0.39 is 5.97 Å². The number of benzene rings is 1. The van der Waals surface area contributed by atoms with Gasteiger partial charge in [0.1, 0.15) is 5.56 Å². The van der Waals surface area contributed by atoms with Gasteiger partial charge in [-0.1, -0.05) is 12.1 Å². The van der Waals surface area contributed by atoms with E-state index >= 15 is 0 Å². The predicted molar refractivity (Wildman–Crippen MR) is 105 cm³/mol. The molecule has 24 heavy (non-hydrogen) atoms. The zero-order valence-corrected chi connectivity index (χ0v) is 16.0. The minimum atomic E-state index is -0.437. The number of hydrogen-bond donors (Lipinski definition) is 1. The molecule has 0 aliphatic carbocycles. The molecule has 1 aromatic carbocycles. The summed E-state index contributed by atoms with van der Waals surface area (Å²) in [6.45, 7) is 1.91. The van der Waals surface area contributed by atoms with E-state index in [2.05, 4.69) is 37.9 Å². The van der Waals surface area contributed by atoms with Crippen LogP contribution in [0, 0.1) is 10.5 Å². The molecule has 0 spiro atoms. The number of nitrogens with zero attached hydrogens (tertiary/aromatic N) is 2. The number of methoxy groups -OCH3 is 1. The SMILES string of the molecule is COC(=O)c1cnc2nc(C)ccc2c1Nc1ccccc1I.Cl. The summed E-state index contributed by atoms with van der Waals surface area (Å²) in [6, 6.07) is 11.7. The molecule has 3 rings (SSSR count). The van der Waals surface area contributed by atoms with Gasteiger partial charge in [-0.2, -0.15) is 0 Å². The van der Waals surface area contributed by atoms with Crippen molar-refractivity contribution in [1.29, 1.82) is 0 Å². The Morgan fingerprint density at radius 1 is 1.21 bits per heavy atom. The minimum absolute atomic E-state index is 0. The van der Waals surface area contributed by atoms with Crippen LogP contribution in [-0.2, 0) is 4.74 Å². The molecular formula is C17H15ClIN3O2. The van der Waals surface area contributed by atoms with Crippen LogP contribution in [0.4, 0.5) is 11.4 Å². The van der Waals surface area contributed by atoms with Gasteiger partial charge in [0.05, 0.1) is 18.5 Å². The van der Waals surface area contributed by atoms with E-state index in [4.69, 9.17) is 4.74 Å². The van der Waals surface area contributed by atoms with Crippen molar-refractivity contribution < 1.29 is 9.53 Å². The van der Waals surface area contributed by atoms with Crippen molar-refractivity contribution in [3.8, 4) is 0 Å². The Morgan fingerprint density at radius 2 is 1.96 bits per heavy atom. The van der Waals surface area contributed by atoms with Crippen molar-refractivity contribution in [1.82, 2.24) is 9.97 Å². The van der Waals surface area contributed by atoms with Crippen LogP contribution >= 0.6 is 35.0 Å². The molecule has 0 bridgehead atoms. The van der Waals surface area contributed by atoms with E-state index in [1.807, 2.05) is 43.3 Å². The summed E-state index contributed by atoms with van der Waals surface area (Å²) in [6.07, 6.45) is 1.50. The molecule has 0 radical (unpaired) electrons. The maximum atomic E-state index is 12.1. The lowest BCUT2D eigenvalue weighted by atomic mass is 10.1. The average Bonchev–Trinajstić information content (AvgIpc) is 2.56. The molecule has 1 N–H and O–H groups in total. The van der Waals surface area contributed by atoms with Gasteiger partial charge in [0.2, 0.25) is 0 Å². The molecule has 3 aromatic rings. The number of esters is 1. The van der Waals surface area contributed by atoms with Crippen LogP contribution in [0.15, 0.2) is 42.6 Å². The largest absolute Gasteiger partial charge is 0.465 e. The molecule has 0 atom stereocenters. The van der Waals surface area contributed by atoms with Gasteiger partial charge < -0.3 is 10.1 Å². The first-order valence-corrected chi connectivity index (χ1v) is 8.04. The molecule has 0 saturated heterocycles. The first kappa shape index (κ1) is 18.4. The summed E-state index contributed by atoms with van der Waals surface area (Å²) in [5.41, 5.74) is 3.40. The summed E-state index contributed by atoms with van der Waals surface area (Å²) in [4.78, 5) is 20.8. The number of carbonyl (C=O) groups is 1. The molecule has 0 unspecified atom stereocenters. The van der Waals surface area contributed by atoms with E-state index in [9.17, 15) is 4.79 Å². The fraction of sp³-hybridized carbons (Fsp3) is 0.118. The lowest BCUT2D eigenvalue weighted by Crippen LogP contribution is -2.08. The number of aryl methyl sites for hydroxylation is 1. The van der Waals surface area contributed by atoms with E-state index in [1.165, 1.54) is 13.3 Å². The molecule has 5 nitrogen and oxygen atoms in total. The number of ether oxygens (including phenoxy) is 1. The summed E-state index contributed by atoms with van der Waals surface area (Å²) in [5.74, 6) is -0.437. The van der Waals surface area contributed by atoms with Crippen LogP contribution in [0.25, 0.3) is 11.0 Å². The number of rotatable bonds is 3. The number of anilines is 2. The number of carbonyl (C=O) groups excluding carboxylic acids is 1. The summed E-state index contributed by atoms with van der Waals surface area (Å²) in [5, 5.41) is 4.11. The van der Waals surface area contributed by atoms with Crippen LogP contribution in [-0.4, -0.2) is 23.0 Å². The van der Waals surface area contributed by atoms with E-state index in [1.54, 1.807) is 0 Å². The van der Waals surface area contributed by atoms with E-state index in [-0.39, 0.29) is 12.4 Å². The van der Waals surface area contributed by atoms with Gasteiger partial charge >= 0.3 is 5.97 Å². The van der Waals surface area contributed by atoms with Crippen molar-refractivity contribution in [3.05, 3.63) is 57.4 Å². The monoisotopic (exact) mass is 455 g/mol. The first-order valence-electron chi connectivity index (χ1n) is 6.96. The lowest BCUT2D eigenvalue weighted by Gasteiger charge is -2.14. The Kier molecular flexibility index (Phi) is 5.95. The number of pyridine rings is 2. The van der Waals surface area contributed by atoms with Gasteiger partial charge in [-0.25, -0.2) is 14.8 Å². The Morgan fingerprint density at radius 3 is 2.67 bits per heavy atom. The zero-order chi connectivity index (χ0) is 16.4. The standard InChI is InChI=1S/C17H14IN3O2.ClH/c1-10-7-8-11-15(21-14-6-4-3-5-13(14)18)12(17(22)23-2)9-19-16(11)20-10;/h3-9H,1-2H3,(H,19,20,21);1H. The lowest BCUT2D eigenvalue weighted by molar-refractivity contribution is 0.0601. The second-order valence-electron chi connectivity index (χ2n) is 4.97. The van der Waals surface area contributed by atoms with Crippen molar-refractivity contribution >= 4 is 63.4 Å². The Balaban J connectivity index is 0.00000208. The third-order valence-electron chi connectivity index (χ3n) is 3.41. The zero-order valence-electron chi connectivity index (χ0n) is 13.0. The van der Waals surface area contributed by atoms with Crippen LogP contribution in [0.5, 0.6) is 0 Å². The molecule has 0 aliphatic rings. The number of aromatic nitrogens is 2. The second-order valence-corrected chi connectivity index (χ2v) is 6.13. The smallest absolute Gasteiger partial charge is 0.341 e. The Bertz CT molecular complexity index is 902. The molecule has 124 valence electrons. The number of fused-ring (bicyclic) bond motifs is 1. The molecule has 2 heterocycles. The normalized spacial score (nSPS) is 10.1. The van der Waals surface area contributed by atoms with Gasteiger partial charge in [0, 0.05) is 20.8 Å². The van der Waals surface area contributed by atoms with Crippen molar-refractivity contribution in [2.24, 2.45) is 0 Å². The van der Waals surface area contributed by atoms with Gasteiger partial charge in [0.15, 0.2) is 5.65 Å². The van der Waals surface area contributed by atoms with Crippen molar-refractivity contribution in [2.75, 3.05) is 12.4 Å². The van der Waals surface area contributed by atoms with E-state index in [0.29, 0.717) is 16.9 Å². The fourth-order valence-corrected chi connectivity index (χ4v) is 2.79. The van der Waals surface area contributed by atoms with Crippen molar-refractivity contribution in [3.63, 3.8) is 0 Å². The number of nitrogens with one attached hydrogen (secondary N) is 1. The summed E-state index contributed by atoms with van der Waals surface area (Å²) < 4.78 is 5.92. The highest BCUT2D eigenvalue weighted by Crippen LogP contribution is 2.30. The van der Waals surface area contributed by atoms with Gasteiger partial charge in [-0.05, 0) is 53.8 Å². The van der Waals surface area contributed by atoms with Gasteiger partial charge in [-0.3, -0.25) is 0 Å². The molecule has 0 aliphatic heterocycles. The predicted octanol–water partition coefficient (Wildman–Crippen LogP) is 4.49. The van der Waals surface area contributed by atoms with Crippen LogP contribution in [0.3, 0.4) is 0 Å². The minimum Gasteiger partial charge on any atom is -0.465 e. The number of para-hydroxylation sites is 1. The molecule has 0 fully saturated rings. The maximum absolute atomic E-state index is 12.1. The highest BCUT2D eigenvalue weighted by molar-refractivity contribution is 14.1. The molecule has 2 aromatic heterocycles. The Labute approximate surface area is 159 Å². The average molecular weight is 456 g/mol. The fourth-order valence-electron chi connectivity index (χ4n) is 2.27. The third kappa shape index (κ3) is 3.59. The quantitative estimate of drug-likeness (QED) is 0.465. The maximum Gasteiger partial charge on any atom is 0.341 e. The van der Waals surface area contributed by atoms with Crippen molar-refractivity contribution in [2.45, 2.75) is 6.92 Å². The summed E-state index contributed by atoms with van der Waals surface area (Å²) in [7, 11) is 1.36. The Hall–Kier alpha value is -1.93. The van der Waals surface area contributed by atoms with Crippen LogP contribution in [0.2, 0.25) is 0 Å². The summed E-state index contributed by atoms with van der Waals surface area (Å²) >= 11 is 2.24. The first-order chi connectivity index (χ1) is 11.1. The number of halogens is 2.